The number of hydrogen-bond acceptors (Lipinski definition) is 3. The Morgan fingerprint density at radius 1 is 1.21 bits per heavy atom. The Kier molecular flexibility index (Phi) is 4.58. The third-order valence-corrected chi connectivity index (χ3v) is 3.44. The van der Waals surface area contributed by atoms with Gasteiger partial charge in [-0.25, -0.2) is 0 Å². The molecule has 0 aliphatic carbocycles. The summed E-state index contributed by atoms with van der Waals surface area (Å²) < 4.78 is 6.59. The first-order chi connectivity index (χ1) is 9.10. The van der Waals surface area contributed by atoms with Crippen LogP contribution < -0.4 is 10.5 Å². The van der Waals surface area contributed by atoms with Crippen LogP contribution in [0.3, 0.4) is 0 Å². The molecule has 1 unspecified atom stereocenters. The highest BCUT2D eigenvalue weighted by molar-refractivity contribution is 9.10. The topological polar surface area (TPSA) is 55.5 Å². The van der Waals surface area contributed by atoms with Gasteiger partial charge in [0.05, 0.1) is 10.6 Å². The van der Waals surface area contributed by atoms with E-state index in [1.165, 1.54) is 0 Å². The largest absolute Gasteiger partial charge is 0.456 e. The Morgan fingerprint density at radius 2 is 1.89 bits per heavy atom. The summed E-state index contributed by atoms with van der Waals surface area (Å²) in [5.74, 6) is 1.47. The van der Waals surface area contributed by atoms with Crippen LogP contribution in [0.2, 0.25) is 0 Å². The molecule has 0 spiro atoms. The number of ether oxygens (including phenoxy) is 1. The van der Waals surface area contributed by atoms with Gasteiger partial charge in [-0.1, -0.05) is 18.2 Å². The molecule has 2 aromatic rings. The standard InChI is InChI=1S/C15H16BrNO2/c1-10(18)12-4-7-15(14(16)8-12)19-13-5-2-11(9-17)3-6-13/h2-8,10,18H,9,17H2,1H3. The highest BCUT2D eigenvalue weighted by Gasteiger charge is 2.07. The summed E-state index contributed by atoms with van der Waals surface area (Å²) in [6.45, 7) is 2.25. The van der Waals surface area contributed by atoms with E-state index in [4.69, 9.17) is 10.5 Å². The molecule has 0 aliphatic heterocycles. The average Bonchev–Trinajstić information content (AvgIpc) is 2.41. The van der Waals surface area contributed by atoms with E-state index < -0.39 is 6.10 Å². The van der Waals surface area contributed by atoms with Gasteiger partial charge in [0.25, 0.3) is 0 Å². The average molecular weight is 322 g/mol. The zero-order valence-electron chi connectivity index (χ0n) is 10.6. The van der Waals surface area contributed by atoms with E-state index in [1.807, 2.05) is 42.5 Å². The van der Waals surface area contributed by atoms with Crippen molar-refractivity contribution in [1.29, 1.82) is 0 Å². The van der Waals surface area contributed by atoms with Crippen molar-refractivity contribution in [3.05, 3.63) is 58.1 Å². The molecule has 0 bridgehead atoms. The maximum Gasteiger partial charge on any atom is 0.141 e. The van der Waals surface area contributed by atoms with Crippen LogP contribution in [0.15, 0.2) is 46.9 Å². The molecule has 3 N–H and O–H groups in total. The van der Waals surface area contributed by atoms with Gasteiger partial charge < -0.3 is 15.6 Å². The molecule has 0 aromatic heterocycles. The molecule has 0 fully saturated rings. The minimum Gasteiger partial charge on any atom is -0.456 e. The molecule has 0 saturated heterocycles. The van der Waals surface area contributed by atoms with E-state index in [9.17, 15) is 5.11 Å². The maximum atomic E-state index is 9.51. The zero-order valence-corrected chi connectivity index (χ0v) is 12.2. The normalized spacial score (nSPS) is 12.2. The molecular formula is C15H16BrNO2. The fourth-order valence-corrected chi connectivity index (χ4v) is 2.16. The van der Waals surface area contributed by atoms with Gasteiger partial charge in [0.15, 0.2) is 0 Å². The van der Waals surface area contributed by atoms with Crippen molar-refractivity contribution in [3.63, 3.8) is 0 Å². The molecule has 19 heavy (non-hydrogen) atoms. The summed E-state index contributed by atoms with van der Waals surface area (Å²) in [4.78, 5) is 0. The van der Waals surface area contributed by atoms with Gasteiger partial charge in [0.1, 0.15) is 11.5 Å². The van der Waals surface area contributed by atoms with Crippen LogP contribution in [0.4, 0.5) is 0 Å². The predicted molar refractivity (Wildman–Crippen MR) is 79.2 cm³/mol. The second kappa shape index (κ2) is 6.19. The first kappa shape index (κ1) is 14.1. The molecular weight excluding hydrogens is 306 g/mol. The monoisotopic (exact) mass is 321 g/mol. The Labute approximate surface area is 121 Å². The summed E-state index contributed by atoms with van der Waals surface area (Å²) in [7, 11) is 0. The van der Waals surface area contributed by atoms with Crippen molar-refractivity contribution in [2.75, 3.05) is 0 Å². The van der Waals surface area contributed by atoms with E-state index in [-0.39, 0.29) is 0 Å². The molecule has 100 valence electrons. The molecule has 1 atom stereocenters. The minimum absolute atomic E-state index is 0.491. The lowest BCUT2D eigenvalue weighted by Gasteiger charge is -2.11. The van der Waals surface area contributed by atoms with Crippen LogP contribution in [0.25, 0.3) is 0 Å². The second-order valence-corrected chi connectivity index (χ2v) is 5.17. The van der Waals surface area contributed by atoms with E-state index in [0.717, 1.165) is 21.3 Å². The van der Waals surface area contributed by atoms with Gasteiger partial charge in [-0.15, -0.1) is 0 Å². The third-order valence-electron chi connectivity index (χ3n) is 2.83. The SMILES string of the molecule is CC(O)c1ccc(Oc2ccc(CN)cc2)c(Br)c1. The van der Waals surface area contributed by atoms with Crippen molar-refractivity contribution in [1.82, 2.24) is 0 Å². The third kappa shape index (κ3) is 3.56. The second-order valence-electron chi connectivity index (χ2n) is 4.32. The first-order valence-corrected chi connectivity index (χ1v) is 6.84. The van der Waals surface area contributed by atoms with Crippen LogP contribution in [0.1, 0.15) is 24.2 Å². The van der Waals surface area contributed by atoms with Gasteiger partial charge in [-0.05, 0) is 58.2 Å². The Bertz CT molecular complexity index is 553. The zero-order chi connectivity index (χ0) is 13.8. The van der Waals surface area contributed by atoms with Crippen LogP contribution in [0, 0.1) is 0 Å². The minimum atomic E-state index is -0.491. The molecule has 0 radical (unpaired) electrons. The molecule has 0 aliphatic rings. The quantitative estimate of drug-likeness (QED) is 0.901. The fourth-order valence-electron chi connectivity index (χ4n) is 1.68. The van der Waals surface area contributed by atoms with Crippen molar-refractivity contribution in [2.24, 2.45) is 5.73 Å². The molecule has 2 aromatic carbocycles. The molecule has 2 rings (SSSR count). The van der Waals surface area contributed by atoms with Crippen LogP contribution in [-0.2, 0) is 6.54 Å². The number of nitrogens with two attached hydrogens (primary N) is 1. The number of aliphatic hydroxyl groups is 1. The maximum absolute atomic E-state index is 9.51. The summed E-state index contributed by atoms with van der Waals surface area (Å²) in [6.07, 6.45) is -0.491. The smallest absolute Gasteiger partial charge is 0.141 e. The van der Waals surface area contributed by atoms with Gasteiger partial charge >= 0.3 is 0 Å². The van der Waals surface area contributed by atoms with Gasteiger partial charge in [0.2, 0.25) is 0 Å². The van der Waals surface area contributed by atoms with Crippen molar-refractivity contribution >= 4 is 15.9 Å². The summed E-state index contributed by atoms with van der Waals surface area (Å²) >= 11 is 3.44. The first-order valence-electron chi connectivity index (χ1n) is 6.04. The Balaban J connectivity index is 2.18. The Morgan fingerprint density at radius 3 is 2.42 bits per heavy atom. The number of halogens is 1. The number of aliphatic hydroxyl groups excluding tert-OH is 1. The predicted octanol–water partition coefficient (Wildman–Crippen LogP) is 3.75. The lowest BCUT2D eigenvalue weighted by Crippen LogP contribution is -1.95. The number of hydrogen-bond donors (Lipinski definition) is 2. The molecule has 0 amide bonds. The summed E-state index contributed by atoms with van der Waals surface area (Å²) in [6, 6.07) is 13.2. The highest BCUT2D eigenvalue weighted by atomic mass is 79.9. The van der Waals surface area contributed by atoms with Crippen LogP contribution in [-0.4, -0.2) is 5.11 Å². The summed E-state index contributed by atoms with van der Waals surface area (Å²) in [5.41, 5.74) is 7.46. The Hall–Kier alpha value is -1.36. The number of benzene rings is 2. The molecule has 4 heteroatoms. The highest BCUT2D eigenvalue weighted by Crippen LogP contribution is 2.32. The van der Waals surface area contributed by atoms with Crippen molar-refractivity contribution < 1.29 is 9.84 Å². The van der Waals surface area contributed by atoms with Gasteiger partial charge in [-0.2, -0.15) is 0 Å². The van der Waals surface area contributed by atoms with Gasteiger partial charge in [-0.3, -0.25) is 0 Å². The lowest BCUT2D eigenvalue weighted by atomic mass is 10.1. The summed E-state index contributed by atoms with van der Waals surface area (Å²) in [5, 5.41) is 9.51. The van der Waals surface area contributed by atoms with E-state index in [2.05, 4.69) is 15.9 Å². The molecule has 0 heterocycles. The van der Waals surface area contributed by atoms with Crippen molar-refractivity contribution in [3.8, 4) is 11.5 Å². The van der Waals surface area contributed by atoms with Crippen LogP contribution >= 0.6 is 15.9 Å². The van der Waals surface area contributed by atoms with Gasteiger partial charge in [0, 0.05) is 6.54 Å². The van der Waals surface area contributed by atoms with Crippen molar-refractivity contribution in [2.45, 2.75) is 19.6 Å². The van der Waals surface area contributed by atoms with Crippen LogP contribution in [0.5, 0.6) is 11.5 Å². The lowest BCUT2D eigenvalue weighted by molar-refractivity contribution is 0.199. The van der Waals surface area contributed by atoms with E-state index >= 15 is 0 Å². The number of rotatable bonds is 4. The van der Waals surface area contributed by atoms with E-state index in [0.29, 0.717) is 12.3 Å². The molecule has 3 nitrogen and oxygen atoms in total. The van der Waals surface area contributed by atoms with E-state index in [1.54, 1.807) is 6.92 Å². The fraction of sp³-hybridized carbons (Fsp3) is 0.200. The molecule has 0 saturated carbocycles.